The Bertz CT molecular complexity index is 1040. The Hall–Kier alpha value is -2.04. The quantitative estimate of drug-likeness (QED) is 0.334. The highest BCUT2D eigenvalue weighted by Crippen LogP contribution is 2.41. The molecule has 2 atom stereocenters. The van der Waals surface area contributed by atoms with E-state index >= 15 is 0 Å². The Morgan fingerprint density at radius 1 is 1.06 bits per heavy atom. The van der Waals surface area contributed by atoms with Crippen molar-refractivity contribution < 1.29 is 31.5 Å². The number of thioether (sulfide) groups is 1. The molecule has 0 aromatic heterocycles. The highest BCUT2D eigenvalue weighted by molar-refractivity contribution is 7.99. The summed E-state index contributed by atoms with van der Waals surface area (Å²) in [4.78, 5) is 25.6. The van der Waals surface area contributed by atoms with Gasteiger partial charge in [0.2, 0.25) is 0 Å². The summed E-state index contributed by atoms with van der Waals surface area (Å²) >= 11 is 13.8. The number of amides is 2. The van der Waals surface area contributed by atoms with Gasteiger partial charge in [0, 0.05) is 11.8 Å². The summed E-state index contributed by atoms with van der Waals surface area (Å²) < 4.78 is 64.9. The molecule has 0 saturated heterocycles. The number of benzene rings is 2. The maximum absolute atomic E-state index is 13.0. The Balaban J connectivity index is 2.30. The monoisotopic (exact) mass is 542 g/mol. The fourth-order valence-corrected chi connectivity index (χ4v) is 4.24. The first-order chi connectivity index (χ1) is 15.9. The molecule has 12 heteroatoms. The molecule has 34 heavy (non-hydrogen) atoms. The SMILES string of the molecule is CCSC[C@H](C)NC(=O)c1c(Cl)cccc1C(=O)Nc1ccc(C(C(F)F)C(F)(F)F)cc1Cl. The number of hydrogen-bond acceptors (Lipinski definition) is 3. The summed E-state index contributed by atoms with van der Waals surface area (Å²) in [6.45, 7) is 3.77. The Kier molecular flexibility index (Phi) is 10.0. The largest absolute Gasteiger partial charge is 0.401 e. The topological polar surface area (TPSA) is 58.2 Å². The van der Waals surface area contributed by atoms with Gasteiger partial charge in [-0.2, -0.15) is 24.9 Å². The van der Waals surface area contributed by atoms with E-state index in [0.29, 0.717) is 5.75 Å². The minimum atomic E-state index is -5.18. The highest BCUT2D eigenvalue weighted by atomic mass is 35.5. The number of rotatable bonds is 9. The summed E-state index contributed by atoms with van der Waals surface area (Å²) in [5.74, 6) is -2.90. The van der Waals surface area contributed by atoms with Gasteiger partial charge in [0.25, 0.3) is 18.2 Å². The van der Waals surface area contributed by atoms with Crippen LogP contribution in [0.3, 0.4) is 0 Å². The Morgan fingerprint density at radius 3 is 2.29 bits per heavy atom. The van der Waals surface area contributed by atoms with Gasteiger partial charge in [-0.1, -0.05) is 42.3 Å². The summed E-state index contributed by atoms with van der Waals surface area (Å²) in [6.07, 6.45) is -8.87. The van der Waals surface area contributed by atoms with Crippen LogP contribution in [0.15, 0.2) is 36.4 Å². The molecule has 0 spiro atoms. The maximum Gasteiger partial charge on any atom is 0.401 e. The molecule has 0 saturated carbocycles. The van der Waals surface area contributed by atoms with Gasteiger partial charge >= 0.3 is 6.18 Å². The number of carbonyl (C=O) groups excluding carboxylic acids is 2. The second-order valence-corrected chi connectivity index (χ2v) is 9.38. The van der Waals surface area contributed by atoms with Crippen LogP contribution in [0.2, 0.25) is 10.0 Å². The molecule has 2 N–H and O–H groups in total. The van der Waals surface area contributed by atoms with E-state index < -0.39 is 35.9 Å². The lowest BCUT2D eigenvalue weighted by atomic mass is 9.98. The van der Waals surface area contributed by atoms with E-state index in [-0.39, 0.29) is 32.9 Å². The normalized spacial score (nSPS) is 13.5. The molecule has 2 rings (SSSR count). The number of anilines is 1. The molecular weight excluding hydrogens is 522 g/mol. The molecule has 2 aromatic carbocycles. The van der Waals surface area contributed by atoms with Crippen LogP contribution < -0.4 is 10.6 Å². The first-order valence-electron chi connectivity index (χ1n) is 9.99. The van der Waals surface area contributed by atoms with Gasteiger partial charge in [0.05, 0.1) is 26.9 Å². The van der Waals surface area contributed by atoms with E-state index in [9.17, 15) is 31.5 Å². The van der Waals surface area contributed by atoms with Crippen molar-refractivity contribution in [3.63, 3.8) is 0 Å². The van der Waals surface area contributed by atoms with E-state index in [1.807, 2.05) is 6.92 Å². The third kappa shape index (κ3) is 7.23. The van der Waals surface area contributed by atoms with Crippen LogP contribution in [0.25, 0.3) is 0 Å². The number of halogens is 7. The lowest BCUT2D eigenvalue weighted by Gasteiger charge is -2.20. The highest BCUT2D eigenvalue weighted by Gasteiger charge is 2.47. The van der Waals surface area contributed by atoms with E-state index in [4.69, 9.17) is 23.2 Å². The van der Waals surface area contributed by atoms with Gasteiger partial charge in [-0.25, -0.2) is 8.78 Å². The van der Waals surface area contributed by atoms with E-state index in [1.165, 1.54) is 18.2 Å². The molecule has 186 valence electrons. The van der Waals surface area contributed by atoms with Crippen LogP contribution >= 0.6 is 35.0 Å². The molecule has 2 amide bonds. The van der Waals surface area contributed by atoms with Crippen molar-refractivity contribution in [3.05, 3.63) is 63.1 Å². The van der Waals surface area contributed by atoms with Crippen molar-refractivity contribution in [2.75, 3.05) is 16.8 Å². The molecule has 0 fully saturated rings. The van der Waals surface area contributed by atoms with Crippen molar-refractivity contribution in [1.29, 1.82) is 0 Å². The summed E-state index contributed by atoms with van der Waals surface area (Å²) in [7, 11) is 0. The van der Waals surface area contributed by atoms with Gasteiger partial charge in [-0.05, 0) is 42.5 Å². The average Bonchev–Trinajstić information content (AvgIpc) is 2.72. The van der Waals surface area contributed by atoms with Crippen LogP contribution in [-0.2, 0) is 0 Å². The number of carbonyl (C=O) groups is 2. The third-order valence-electron chi connectivity index (χ3n) is 4.64. The number of nitrogens with one attached hydrogen (secondary N) is 2. The maximum atomic E-state index is 13.0. The molecule has 0 aliphatic rings. The van der Waals surface area contributed by atoms with Crippen molar-refractivity contribution in [2.45, 2.75) is 38.4 Å². The second kappa shape index (κ2) is 12.1. The van der Waals surface area contributed by atoms with E-state index in [2.05, 4.69) is 10.6 Å². The Labute approximate surface area is 207 Å². The van der Waals surface area contributed by atoms with Crippen molar-refractivity contribution >= 4 is 52.5 Å². The molecule has 0 aliphatic heterocycles. The molecule has 1 unspecified atom stereocenters. The fourth-order valence-electron chi connectivity index (χ4n) is 3.07. The summed E-state index contributed by atoms with van der Waals surface area (Å²) in [6, 6.07) is 6.55. The molecule has 0 bridgehead atoms. The predicted molar refractivity (Wildman–Crippen MR) is 126 cm³/mol. The van der Waals surface area contributed by atoms with Crippen molar-refractivity contribution in [2.24, 2.45) is 0 Å². The van der Waals surface area contributed by atoms with Crippen molar-refractivity contribution in [3.8, 4) is 0 Å². The minimum Gasteiger partial charge on any atom is -0.349 e. The fraction of sp³-hybridized carbons (Fsp3) is 0.364. The van der Waals surface area contributed by atoms with Crippen molar-refractivity contribution in [1.82, 2.24) is 5.32 Å². The van der Waals surface area contributed by atoms with Crippen LogP contribution in [0.1, 0.15) is 46.0 Å². The average molecular weight is 543 g/mol. The molecule has 0 heterocycles. The summed E-state index contributed by atoms with van der Waals surface area (Å²) in [5, 5.41) is 4.79. The molecular formula is C22H21Cl2F5N2O2S. The van der Waals surface area contributed by atoms with Gasteiger partial charge in [0.15, 0.2) is 0 Å². The van der Waals surface area contributed by atoms with Crippen LogP contribution in [-0.4, -0.2) is 42.0 Å². The predicted octanol–water partition coefficient (Wildman–Crippen LogP) is 7.03. The summed E-state index contributed by atoms with van der Waals surface area (Å²) in [5.41, 5.74) is -1.05. The zero-order chi connectivity index (χ0) is 25.6. The standard InChI is InChI=1S/C22H21Cl2F5N2O2S/c1-3-34-10-11(2)30-21(33)17-13(5-4-6-14(17)23)20(32)31-16-8-7-12(9-15(16)24)18(19(25)26)22(27,28)29/h4-9,11,18-19H,3,10H2,1-2H3,(H,30,33)(H,31,32)/t11-,18?/m0/s1. The zero-order valence-corrected chi connectivity index (χ0v) is 20.3. The lowest BCUT2D eigenvalue weighted by Crippen LogP contribution is -2.35. The zero-order valence-electron chi connectivity index (χ0n) is 18.0. The minimum absolute atomic E-state index is 0.0203. The number of alkyl halides is 5. The third-order valence-corrected chi connectivity index (χ3v) is 6.41. The van der Waals surface area contributed by atoms with E-state index in [1.54, 1.807) is 18.7 Å². The molecule has 0 aliphatic carbocycles. The molecule has 2 aromatic rings. The van der Waals surface area contributed by atoms with Crippen LogP contribution in [0, 0.1) is 0 Å². The van der Waals surface area contributed by atoms with Crippen LogP contribution in [0.4, 0.5) is 27.6 Å². The smallest absolute Gasteiger partial charge is 0.349 e. The second-order valence-electron chi connectivity index (χ2n) is 7.24. The molecule has 0 radical (unpaired) electrons. The number of hydrogen-bond donors (Lipinski definition) is 2. The molecule has 4 nitrogen and oxygen atoms in total. The van der Waals surface area contributed by atoms with Gasteiger partial charge in [0.1, 0.15) is 5.92 Å². The van der Waals surface area contributed by atoms with Crippen LogP contribution in [0.5, 0.6) is 0 Å². The van der Waals surface area contributed by atoms with E-state index in [0.717, 1.165) is 24.0 Å². The first-order valence-corrected chi connectivity index (χ1v) is 11.9. The Morgan fingerprint density at radius 2 is 1.74 bits per heavy atom. The van der Waals surface area contributed by atoms with Gasteiger partial charge in [-0.3, -0.25) is 9.59 Å². The van der Waals surface area contributed by atoms with Gasteiger partial charge in [-0.15, -0.1) is 0 Å². The lowest BCUT2D eigenvalue weighted by molar-refractivity contribution is -0.178. The first kappa shape index (κ1) is 28.2. The van der Waals surface area contributed by atoms with Gasteiger partial charge < -0.3 is 10.6 Å².